The Kier molecular flexibility index (Phi) is 7.30. The molecule has 0 radical (unpaired) electrons. The summed E-state index contributed by atoms with van der Waals surface area (Å²) in [5, 5.41) is 6.25. The summed E-state index contributed by atoms with van der Waals surface area (Å²) in [7, 11) is 0. The van der Waals surface area contributed by atoms with E-state index >= 15 is 0 Å². The molecule has 0 aliphatic heterocycles. The van der Waals surface area contributed by atoms with Gasteiger partial charge in [-0.3, -0.25) is 0 Å². The van der Waals surface area contributed by atoms with Crippen molar-refractivity contribution in [1.82, 2.24) is 4.57 Å². The van der Waals surface area contributed by atoms with E-state index in [0.717, 1.165) is 54.4 Å². The predicted octanol–water partition coefficient (Wildman–Crippen LogP) is 13.0. The molecule has 0 saturated carbocycles. The molecule has 0 bridgehead atoms. The molecule has 0 aliphatic carbocycles. The summed E-state index contributed by atoms with van der Waals surface area (Å²) in [6, 6.07) is 56.2. The van der Waals surface area contributed by atoms with Gasteiger partial charge >= 0.3 is 0 Å². The van der Waals surface area contributed by atoms with Gasteiger partial charge in [-0.1, -0.05) is 126 Å². The van der Waals surface area contributed by atoms with Crippen molar-refractivity contribution in [2.24, 2.45) is 0 Å². The maximum absolute atomic E-state index is 6.41. The maximum Gasteiger partial charge on any atom is 0.143 e. The van der Waals surface area contributed by atoms with E-state index in [9.17, 15) is 0 Å². The topological polar surface area (TPSA) is 18.1 Å². The van der Waals surface area contributed by atoms with Crippen LogP contribution in [0.4, 0.5) is 0 Å². The molecule has 7 aromatic carbocycles. The number of para-hydroxylation sites is 3. The van der Waals surface area contributed by atoms with E-state index in [1.807, 2.05) is 54.6 Å². The van der Waals surface area contributed by atoms with Crippen molar-refractivity contribution in [3.8, 4) is 27.9 Å². The summed E-state index contributed by atoms with van der Waals surface area (Å²) in [5.74, 6) is 0. The molecule has 2 aromatic heterocycles. The van der Waals surface area contributed by atoms with Crippen LogP contribution in [0, 0.1) is 0 Å². The standard InChI is InChI=1S/C36H22ClNO.C6H5Cl/c37-26-17-13-23(14-18-26)28-10-6-11-31-32-21-24(16-20-35(32)39-36(28)31)25-15-19-30-29-9-4-5-12-33(29)38(34(30)22-25)27-7-2-1-3-8-27;7-6-4-2-1-3-5-6/h1-22H;1-5H. The van der Waals surface area contributed by atoms with E-state index in [-0.39, 0.29) is 0 Å². The highest BCUT2D eigenvalue weighted by Gasteiger charge is 2.15. The van der Waals surface area contributed by atoms with Gasteiger partial charge in [0.2, 0.25) is 0 Å². The van der Waals surface area contributed by atoms with Gasteiger partial charge in [-0.2, -0.15) is 0 Å². The number of benzene rings is 7. The molecule has 9 rings (SSSR count). The lowest BCUT2D eigenvalue weighted by Gasteiger charge is -2.09. The summed E-state index contributed by atoms with van der Waals surface area (Å²) in [6.45, 7) is 0. The number of hydrogen-bond acceptors (Lipinski definition) is 1. The molecule has 4 heteroatoms. The van der Waals surface area contributed by atoms with Gasteiger partial charge in [0.05, 0.1) is 11.0 Å². The molecule has 0 N–H and O–H groups in total. The van der Waals surface area contributed by atoms with Crippen LogP contribution in [0.15, 0.2) is 168 Å². The number of halogens is 2. The van der Waals surface area contributed by atoms with Gasteiger partial charge in [0.15, 0.2) is 0 Å². The smallest absolute Gasteiger partial charge is 0.143 e. The average Bonchev–Trinajstić information content (AvgIpc) is 3.65. The molecule has 0 spiro atoms. The Hall–Kier alpha value is -5.28. The number of aromatic nitrogens is 1. The molecular weight excluding hydrogens is 605 g/mol. The highest BCUT2D eigenvalue weighted by molar-refractivity contribution is 6.31. The largest absolute Gasteiger partial charge is 0.455 e. The van der Waals surface area contributed by atoms with E-state index in [1.165, 1.54) is 27.4 Å². The molecule has 0 unspecified atom stereocenters. The van der Waals surface area contributed by atoms with Crippen LogP contribution in [0.25, 0.3) is 71.7 Å². The van der Waals surface area contributed by atoms with Crippen molar-refractivity contribution in [3.05, 3.63) is 174 Å². The van der Waals surface area contributed by atoms with Gasteiger partial charge < -0.3 is 8.98 Å². The third-order valence-corrected chi connectivity index (χ3v) is 8.91. The quantitative estimate of drug-likeness (QED) is 0.190. The fourth-order valence-corrected chi connectivity index (χ4v) is 6.53. The first kappa shape index (κ1) is 28.2. The van der Waals surface area contributed by atoms with Crippen molar-refractivity contribution in [1.29, 1.82) is 0 Å². The minimum Gasteiger partial charge on any atom is -0.455 e. The molecule has 46 heavy (non-hydrogen) atoms. The summed E-state index contributed by atoms with van der Waals surface area (Å²) in [4.78, 5) is 0. The predicted molar refractivity (Wildman–Crippen MR) is 195 cm³/mol. The fraction of sp³-hybridized carbons (Fsp3) is 0. The third kappa shape index (κ3) is 5.12. The molecule has 220 valence electrons. The molecule has 2 nitrogen and oxygen atoms in total. The highest BCUT2D eigenvalue weighted by Crippen LogP contribution is 2.39. The summed E-state index contributed by atoms with van der Waals surface area (Å²) >= 11 is 11.7. The zero-order chi connectivity index (χ0) is 31.0. The summed E-state index contributed by atoms with van der Waals surface area (Å²) in [5.41, 5.74) is 9.83. The first-order chi connectivity index (χ1) is 22.6. The number of hydrogen-bond donors (Lipinski definition) is 0. The Balaban J connectivity index is 0.000000398. The lowest BCUT2D eigenvalue weighted by Crippen LogP contribution is -1.93. The minimum absolute atomic E-state index is 0.725. The van der Waals surface area contributed by atoms with Crippen molar-refractivity contribution >= 4 is 66.9 Å². The molecule has 0 atom stereocenters. The van der Waals surface area contributed by atoms with Gasteiger partial charge in [0, 0.05) is 42.8 Å². The fourth-order valence-electron chi connectivity index (χ4n) is 6.25. The zero-order valence-corrected chi connectivity index (χ0v) is 26.2. The molecule has 0 saturated heterocycles. The monoisotopic (exact) mass is 631 g/mol. The highest BCUT2D eigenvalue weighted by atomic mass is 35.5. The second kappa shape index (κ2) is 11.9. The van der Waals surface area contributed by atoms with Gasteiger partial charge in [0.25, 0.3) is 0 Å². The van der Waals surface area contributed by atoms with Crippen LogP contribution >= 0.6 is 23.2 Å². The van der Waals surface area contributed by atoms with Gasteiger partial charge in [-0.15, -0.1) is 0 Å². The number of fused-ring (bicyclic) bond motifs is 6. The molecule has 2 heterocycles. The molecule has 0 fully saturated rings. The Bertz CT molecular complexity index is 2480. The van der Waals surface area contributed by atoms with Gasteiger partial charge in [0.1, 0.15) is 11.2 Å². The van der Waals surface area contributed by atoms with Crippen LogP contribution in [0.5, 0.6) is 0 Å². The van der Waals surface area contributed by atoms with Crippen molar-refractivity contribution in [2.75, 3.05) is 0 Å². The Morgan fingerprint density at radius 1 is 0.413 bits per heavy atom. The molecule has 0 amide bonds. The lowest BCUT2D eigenvalue weighted by atomic mass is 9.99. The first-order valence-electron chi connectivity index (χ1n) is 15.1. The van der Waals surface area contributed by atoms with Crippen LogP contribution in [-0.4, -0.2) is 4.57 Å². The van der Waals surface area contributed by atoms with E-state index in [1.54, 1.807) is 0 Å². The molecular formula is C42H27Cl2NO. The Morgan fingerprint density at radius 2 is 1.02 bits per heavy atom. The van der Waals surface area contributed by atoms with Crippen LogP contribution < -0.4 is 0 Å². The van der Waals surface area contributed by atoms with Crippen molar-refractivity contribution in [3.63, 3.8) is 0 Å². The SMILES string of the molecule is Clc1ccc(-c2cccc3c2oc2ccc(-c4ccc5c6ccccc6n(-c6ccccc6)c5c4)cc23)cc1.Clc1ccccc1. The maximum atomic E-state index is 6.41. The van der Waals surface area contributed by atoms with Gasteiger partial charge in [-0.25, -0.2) is 0 Å². The zero-order valence-electron chi connectivity index (χ0n) is 24.7. The normalized spacial score (nSPS) is 11.3. The molecule has 0 aliphatic rings. The number of rotatable bonds is 3. The Morgan fingerprint density at radius 3 is 1.78 bits per heavy atom. The van der Waals surface area contributed by atoms with Crippen molar-refractivity contribution in [2.45, 2.75) is 0 Å². The van der Waals surface area contributed by atoms with Crippen molar-refractivity contribution < 1.29 is 4.42 Å². The number of nitrogens with zero attached hydrogens (tertiary/aromatic N) is 1. The minimum atomic E-state index is 0.725. The second-order valence-electron chi connectivity index (χ2n) is 11.2. The van der Waals surface area contributed by atoms with E-state index < -0.39 is 0 Å². The molecule has 9 aromatic rings. The Labute approximate surface area is 276 Å². The summed E-state index contributed by atoms with van der Waals surface area (Å²) < 4.78 is 8.77. The van der Waals surface area contributed by atoms with Crippen LogP contribution in [0.1, 0.15) is 0 Å². The number of furan rings is 1. The third-order valence-electron chi connectivity index (χ3n) is 8.41. The van der Waals surface area contributed by atoms with Gasteiger partial charge in [-0.05, 0) is 77.4 Å². The lowest BCUT2D eigenvalue weighted by molar-refractivity contribution is 0.670. The van der Waals surface area contributed by atoms with E-state index in [0.29, 0.717) is 0 Å². The van der Waals surface area contributed by atoms with E-state index in [2.05, 4.69) is 114 Å². The second-order valence-corrected chi connectivity index (χ2v) is 12.1. The van der Waals surface area contributed by atoms with Crippen LogP contribution in [-0.2, 0) is 0 Å². The van der Waals surface area contributed by atoms with Crippen LogP contribution in [0.2, 0.25) is 10.0 Å². The van der Waals surface area contributed by atoms with Crippen LogP contribution in [0.3, 0.4) is 0 Å². The average molecular weight is 633 g/mol. The summed E-state index contributed by atoms with van der Waals surface area (Å²) in [6.07, 6.45) is 0. The first-order valence-corrected chi connectivity index (χ1v) is 15.9. The van der Waals surface area contributed by atoms with E-state index in [4.69, 9.17) is 27.6 Å².